The molecule has 0 unspecified atom stereocenters. The quantitative estimate of drug-likeness (QED) is 0.152. The minimum atomic E-state index is -0.135. The fourth-order valence-electron chi connectivity index (χ4n) is 9.58. The summed E-state index contributed by atoms with van der Waals surface area (Å²) in [6, 6.07) is 84.3. The molecule has 0 aromatic heterocycles. The molecule has 0 heterocycles. The van der Waals surface area contributed by atoms with Crippen LogP contribution in [-0.4, -0.2) is 0 Å². The van der Waals surface area contributed by atoms with Crippen molar-refractivity contribution >= 4 is 55.7 Å². The Morgan fingerprint density at radius 2 is 0.852 bits per heavy atom. The summed E-state index contributed by atoms with van der Waals surface area (Å²) in [4.78, 5) is 4.87. The number of nitrogens with zero attached hydrogens (tertiary/aromatic N) is 2. The van der Waals surface area contributed by atoms with Gasteiger partial charge < -0.3 is 9.80 Å². The fraction of sp³-hybridized carbons (Fsp3) is 0.0508. The monoisotopic (exact) mass is 780 g/mol. The van der Waals surface area contributed by atoms with Gasteiger partial charge in [-0.2, -0.15) is 0 Å². The third kappa shape index (κ3) is 6.36. The van der Waals surface area contributed by atoms with Gasteiger partial charge in [0.25, 0.3) is 0 Å². The molecule has 0 aliphatic heterocycles. The van der Waals surface area contributed by atoms with Crippen LogP contribution < -0.4 is 9.80 Å². The number of fused-ring (bicyclic) bond motifs is 5. The van der Waals surface area contributed by atoms with E-state index in [2.05, 4.69) is 254 Å². The van der Waals surface area contributed by atoms with Gasteiger partial charge in [0.2, 0.25) is 0 Å². The minimum Gasteiger partial charge on any atom is -0.310 e. The molecule has 0 bridgehead atoms. The fourth-order valence-corrected chi connectivity index (χ4v) is 9.58. The predicted octanol–water partition coefficient (Wildman–Crippen LogP) is 16.6. The molecule has 0 radical (unpaired) electrons. The first-order chi connectivity index (χ1) is 30.0. The van der Waals surface area contributed by atoms with E-state index in [1.54, 1.807) is 0 Å². The van der Waals surface area contributed by atoms with Crippen LogP contribution in [0, 0.1) is 0 Å². The van der Waals surface area contributed by atoms with Crippen molar-refractivity contribution in [2.45, 2.75) is 19.3 Å². The molecule has 11 rings (SSSR count). The van der Waals surface area contributed by atoms with E-state index < -0.39 is 0 Å². The average Bonchev–Trinajstić information content (AvgIpc) is 3.55. The molecule has 10 aromatic carbocycles. The van der Waals surface area contributed by atoms with E-state index in [0.717, 1.165) is 34.1 Å². The summed E-state index contributed by atoms with van der Waals surface area (Å²) in [5.41, 5.74) is 16.6. The van der Waals surface area contributed by atoms with Crippen molar-refractivity contribution in [1.82, 2.24) is 0 Å². The molecule has 1 aliphatic rings. The van der Waals surface area contributed by atoms with Crippen molar-refractivity contribution in [3.05, 3.63) is 242 Å². The number of hydrogen-bond acceptors (Lipinski definition) is 2. The van der Waals surface area contributed by atoms with Crippen molar-refractivity contribution < 1.29 is 0 Å². The Hall–Kier alpha value is -7.68. The van der Waals surface area contributed by atoms with Gasteiger partial charge in [-0.25, -0.2) is 0 Å². The smallest absolute Gasteiger partial charge is 0.0546 e. The zero-order chi connectivity index (χ0) is 40.9. The molecular weight excluding hydrogens is 737 g/mol. The Balaban J connectivity index is 1.13. The van der Waals surface area contributed by atoms with Crippen LogP contribution in [0.5, 0.6) is 0 Å². The molecule has 0 saturated heterocycles. The van der Waals surface area contributed by atoms with Crippen LogP contribution >= 0.6 is 0 Å². The van der Waals surface area contributed by atoms with Gasteiger partial charge in [-0.15, -0.1) is 0 Å². The summed E-state index contributed by atoms with van der Waals surface area (Å²) in [7, 11) is 0. The molecular formula is C59H44N2. The molecule has 2 heteroatoms. The zero-order valence-corrected chi connectivity index (χ0v) is 34.3. The lowest BCUT2D eigenvalue weighted by Gasteiger charge is -2.32. The van der Waals surface area contributed by atoms with Crippen molar-refractivity contribution in [3.63, 3.8) is 0 Å². The largest absolute Gasteiger partial charge is 0.310 e. The summed E-state index contributed by atoms with van der Waals surface area (Å²) in [5, 5.41) is 4.85. The Morgan fingerprint density at radius 3 is 1.64 bits per heavy atom. The second-order valence-electron chi connectivity index (χ2n) is 16.6. The molecule has 0 amide bonds. The van der Waals surface area contributed by atoms with Crippen LogP contribution in [0.2, 0.25) is 0 Å². The maximum absolute atomic E-state index is 2.45. The van der Waals surface area contributed by atoms with Gasteiger partial charge in [-0.3, -0.25) is 0 Å². The number of benzene rings is 10. The van der Waals surface area contributed by atoms with Gasteiger partial charge in [0, 0.05) is 39.4 Å². The highest BCUT2D eigenvalue weighted by Crippen LogP contribution is 2.51. The lowest BCUT2D eigenvalue weighted by molar-refractivity contribution is 0.660. The second-order valence-corrected chi connectivity index (χ2v) is 16.6. The summed E-state index contributed by atoms with van der Waals surface area (Å²) in [5.74, 6) is 0. The Bertz CT molecular complexity index is 3220. The predicted molar refractivity (Wildman–Crippen MR) is 259 cm³/mol. The summed E-state index contributed by atoms with van der Waals surface area (Å²) in [6.07, 6.45) is 0. The van der Waals surface area contributed by atoms with E-state index in [0.29, 0.717) is 0 Å². The lowest BCUT2D eigenvalue weighted by Crippen LogP contribution is -2.17. The molecule has 0 fully saturated rings. The SMILES string of the molecule is CC1(C)c2ccccc2-c2ccc(N(c3ccc(-c4ccccc4)cc3)c3cccc(N(c4ccc5ccccc5c4)c4ccc5ccccc5c4-c4ccccc4)c3)cc21. The zero-order valence-electron chi connectivity index (χ0n) is 34.3. The minimum absolute atomic E-state index is 0.135. The van der Waals surface area contributed by atoms with Crippen molar-refractivity contribution in [2.75, 3.05) is 9.80 Å². The Labute approximate surface area is 358 Å². The van der Waals surface area contributed by atoms with Gasteiger partial charge >= 0.3 is 0 Å². The Kier molecular flexibility index (Phi) is 8.86. The first-order valence-electron chi connectivity index (χ1n) is 21.2. The summed E-state index contributed by atoms with van der Waals surface area (Å²) in [6.45, 7) is 4.72. The molecule has 10 aromatic rings. The molecule has 2 nitrogen and oxygen atoms in total. The first kappa shape index (κ1) is 36.4. The van der Waals surface area contributed by atoms with Crippen molar-refractivity contribution in [3.8, 4) is 33.4 Å². The number of rotatable bonds is 8. The highest BCUT2D eigenvalue weighted by Gasteiger charge is 2.36. The highest BCUT2D eigenvalue weighted by atomic mass is 15.2. The van der Waals surface area contributed by atoms with Crippen LogP contribution in [-0.2, 0) is 5.41 Å². The second kappa shape index (κ2) is 14.9. The van der Waals surface area contributed by atoms with Crippen molar-refractivity contribution in [1.29, 1.82) is 0 Å². The molecule has 1 aliphatic carbocycles. The van der Waals surface area contributed by atoms with Crippen LogP contribution in [0.3, 0.4) is 0 Å². The van der Waals surface area contributed by atoms with Gasteiger partial charge in [0.1, 0.15) is 0 Å². The summed E-state index contributed by atoms with van der Waals surface area (Å²) < 4.78 is 0. The summed E-state index contributed by atoms with van der Waals surface area (Å²) >= 11 is 0. The van der Waals surface area contributed by atoms with Crippen molar-refractivity contribution in [2.24, 2.45) is 0 Å². The van der Waals surface area contributed by atoms with Crippen LogP contribution in [0.25, 0.3) is 54.9 Å². The topological polar surface area (TPSA) is 6.48 Å². The van der Waals surface area contributed by atoms with E-state index in [-0.39, 0.29) is 5.41 Å². The van der Waals surface area contributed by atoms with Gasteiger partial charge in [-0.1, -0.05) is 184 Å². The highest BCUT2D eigenvalue weighted by molar-refractivity contribution is 6.06. The standard InChI is InChI=1S/C59H44N2/c1-59(2)55-27-14-13-26-53(55)54-36-35-51(40-56(54)59)60(47-32-28-43(29-33-47)41-16-5-3-6-17-41)48-23-15-24-49(39-48)61(50-34-30-42-18-9-10-22-46(42)38-50)57-37-31-44-19-11-12-25-52(44)58(57)45-20-7-4-8-21-45/h3-40H,1-2H3. The molecule has 0 N–H and O–H groups in total. The van der Waals surface area contributed by atoms with Crippen LogP contribution in [0.1, 0.15) is 25.0 Å². The van der Waals surface area contributed by atoms with Gasteiger partial charge in [0.05, 0.1) is 5.69 Å². The lowest BCUT2D eigenvalue weighted by atomic mass is 9.82. The third-order valence-corrected chi connectivity index (χ3v) is 12.6. The first-order valence-corrected chi connectivity index (χ1v) is 21.2. The molecule has 290 valence electrons. The average molecular weight is 781 g/mol. The normalized spacial score (nSPS) is 12.6. The number of anilines is 6. The number of hydrogen-bond donors (Lipinski definition) is 0. The van der Waals surface area contributed by atoms with Crippen LogP contribution in [0.15, 0.2) is 231 Å². The molecule has 0 atom stereocenters. The van der Waals surface area contributed by atoms with Gasteiger partial charge in [0.15, 0.2) is 0 Å². The van der Waals surface area contributed by atoms with E-state index in [9.17, 15) is 0 Å². The Morgan fingerprint density at radius 1 is 0.311 bits per heavy atom. The maximum Gasteiger partial charge on any atom is 0.0546 e. The molecule has 61 heavy (non-hydrogen) atoms. The maximum atomic E-state index is 2.45. The van der Waals surface area contributed by atoms with Crippen LogP contribution in [0.4, 0.5) is 34.1 Å². The molecule has 0 saturated carbocycles. The third-order valence-electron chi connectivity index (χ3n) is 12.6. The van der Waals surface area contributed by atoms with E-state index >= 15 is 0 Å². The molecule has 0 spiro atoms. The van der Waals surface area contributed by atoms with E-state index in [1.165, 1.54) is 66.1 Å². The van der Waals surface area contributed by atoms with E-state index in [4.69, 9.17) is 0 Å². The van der Waals surface area contributed by atoms with Gasteiger partial charge in [-0.05, 0) is 121 Å². The van der Waals surface area contributed by atoms with E-state index in [1.807, 2.05) is 0 Å².